The summed E-state index contributed by atoms with van der Waals surface area (Å²) < 4.78 is 34.4. The summed E-state index contributed by atoms with van der Waals surface area (Å²) in [6.07, 6.45) is -0.321. The summed E-state index contributed by atoms with van der Waals surface area (Å²) in [7, 11) is -3.56. The molecule has 162 valence electrons. The predicted molar refractivity (Wildman–Crippen MR) is 98.6 cm³/mol. The molecular formula is C17H14FN6Na2O6P. The second kappa shape index (κ2) is 11.5. The Bertz CT molecular complexity index is 1180. The molecule has 12 nitrogen and oxygen atoms in total. The summed E-state index contributed by atoms with van der Waals surface area (Å²) in [5.41, 5.74) is 1.42. The maximum atomic E-state index is 14.8. The summed E-state index contributed by atoms with van der Waals surface area (Å²) in [5.74, 6) is -0.276. The Morgan fingerprint density at radius 2 is 2.03 bits per heavy atom. The molecule has 0 saturated carbocycles. The largest absolute Gasteiger partial charge is 1.00 e. The van der Waals surface area contributed by atoms with Crippen molar-refractivity contribution in [3.63, 3.8) is 0 Å². The van der Waals surface area contributed by atoms with Crippen LogP contribution >= 0.6 is 7.82 Å². The third-order valence-electron chi connectivity index (χ3n) is 4.37. The molecule has 16 heteroatoms. The maximum Gasteiger partial charge on any atom is 1.00 e. The maximum absolute atomic E-state index is 14.8. The molecule has 0 spiro atoms. The molecule has 4 rings (SSSR count). The summed E-state index contributed by atoms with van der Waals surface area (Å²) in [6.45, 7) is -0.704. The van der Waals surface area contributed by atoms with Gasteiger partial charge in [-0.1, -0.05) is 6.07 Å². The topological polar surface area (TPSA) is 158 Å². The molecule has 1 amide bonds. The van der Waals surface area contributed by atoms with Gasteiger partial charge in [0.2, 0.25) is 5.82 Å². The first-order valence-electron chi connectivity index (χ1n) is 8.85. The van der Waals surface area contributed by atoms with Gasteiger partial charge in [0.1, 0.15) is 17.6 Å². The average molecular weight is 494 g/mol. The van der Waals surface area contributed by atoms with Gasteiger partial charge in [-0.2, -0.15) is 4.80 Å². The van der Waals surface area contributed by atoms with Crippen LogP contribution in [0, 0.1) is 5.82 Å². The molecule has 33 heavy (non-hydrogen) atoms. The smallest absolute Gasteiger partial charge is 0.790 e. The number of hydrogen-bond acceptors (Lipinski definition) is 10. The minimum atomic E-state index is -5.19. The Morgan fingerprint density at radius 1 is 1.27 bits per heavy atom. The van der Waals surface area contributed by atoms with Crippen LogP contribution < -0.4 is 73.8 Å². The first kappa shape index (κ1) is 28.0. The van der Waals surface area contributed by atoms with Gasteiger partial charge in [-0.25, -0.2) is 9.18 Å². The van der Waals surface area contributed by atoms with Crippen LogP contribution in [0.3, 0.4) is 0 Å². The molecule has 2 aromatic heterocycles. The number of tetrazole rings is 1. The van der Waals surface area contributed by atoms with E-state index in [0.717, 1.165) is 11.0 Å². The van der Waals surface area contributed by atoms with Gasteiger partial charge in [0.15, 0.2) is 0 Å². The molecule has 1 aliphatic rings. The molecule has 3 aromatic rings. The number of cyclic esters (lactones) is 1. The van der Waals surface area contributed by atoms with Crippen molar-refractivity contribution in [2.45, 2.75) is 6.10 Å². The Balaban J connectivity index is 0.00000193. The van der Waals surface area contributed by atoms with Gasteiger partial charge in [0, 0.05) is 17.3 Å². The number of phosphoric ester groups is 1. The van der Waals surface area contributed by atoms with Crippen molar-refractivity contribution >= 4 is 19.6 Å². The fraction of sp³-hybridized carbons (Fsp3) is 0.235. The molecule has 0 N–H and O–H groups in total. The van der Waals surface area contributed by atoms with Crippen LogP contribution in [-0.4, -0.2) is 50.5 Å². The third-order valence-corrected chi connectivity index (χ3v) is 4.83. The number of halogens is 1. The number of nitrogens with zero attached hydrogens (tertiary/aromatic N) is 6. The number of carbonyl (C=O) groups excluding carboxylic acids is 1. The molecule has 0 radical (unpaired) electrons. The Hall–Kier alpha value is -1.25. The number of amides is 1. The number of anilines is 1. The molecule has 1 atom stereocenters. The van der Waals surface area contributed by atoms with E-state index in [1.165, 1.54) is 23.1 Å². The quantitative estimate of drug-likeness (QED) is 0.239. The number of ether oxygens (including phenoxy) is 1. The predicted octanol–water partition coefficient (Wildman–Crippen LogP) is -5.74. The number of hydrogen-bond donors (Lipinski definition) is 0. The van der Waals surface area contributed by atoms with E-state index in [0.29, 0.717) is 17.1 Å². The number of rotatable bonds is 6. The number of aryl methyl sites for hydroxylation is 1. The zero-order valence-electron chi connectivity index (χ0n) is 17.9. The normalized spacial score (nSPS) is 15.6. The van der Waals surface area contributed by atoms with Crippen molar-refractivity contribution in [1.82, 2.24) is 25.2 Å². The molecule has 0 bridgehead atoms. The van der Waals surface area contributed by atoms with Crippen LogP contribution in [0.2, 0.25) is 0 Å². The molecule has 3 heterocycles. The minimum absolute atomic E-state index is 0. The van der Waals surface area contributed by atoms with Crippen LogP contribution in [0.1, 0.15) is 0 Å². The molecule has 1 fully saturated rings. The summed E-state index contributed by atoms with van der Waals surface area (Å²) in [4.78, 5) is 39.8. The molecule has 0 unspecified atom stereocenters. The van der Waals surface area contributed by atoms with E-state index in [-0.39, 0.29) is 76.9 Å². The number of carbonyl (C=O) groups is 1. The van der Waals surface area contributed by atoms with Gasteiger partial charge < -0.3 is 23.6 Å². The first-order valence-corrected chi connectivity index (χ1v) is 10.3. The van der Waals surface area contributed by atoms with Crippen LogP contribution in [0.15, 0.2) is 36.5 Å². The average Bonchev–Trinajstić information content (AvgIpc) is 3.31. The van der Waals surface area contributed by atoms with Gasteiger partial charge in [-0.15, -0.1) is 10.2 Å². The van der Waals surface area contributed by atoms with E-state index in [1.807, 2.05) is 0 Å². The van der Waals surface area contributed by atoms with Crippen molar-refractivity contribution in [2.75, 3.05) is 18.1 Å². The van der Waals surface area contributed by atoms with Crippen LogP contribution in [0.4, 0.5) is 14.9 Å². The van der Waals surface area contributed by atoms with Crippen molar-refractivity contribution in [3.05, 3.63) is 42.3 Å². The monoisotopic (exact) mass is 494 g/mol. The van der Waals surface area contributed by atoms with Crippen LogP contribution in [-0.2, 0) is 20.9 Å². The molecule has 1 aromatic carbocycles. The van der Waals surface area contributed by atoms with Crippen LogP contribution in [0.25, 0.3) is 22.6 Å². The van der Waals surface area contributed by atoms with Crippen molar-refractivity contribution in [2.24, 2.45) is 7.05 Å². The van der Waals surface area contributed by atoms with Crippen molar-refractivity contribution in [3.8, 4) is 22.6 Å². The SMILES string of the molecule is Cn1nnc(-c2ccc(-c3ccc(N4C[C@@H](COP(=O)([O-])[O-])OC4=O)cc3F)cn2)n1.[Na+].[Na+]. The van der Waals surface area contributed by atoms with Gasteiger partial charge in [-0.3, -0.25) is 9.88 Å². The number of aromatic nitrogens is 5. The minimum Gasteiger partial charge on any atom is -0.790 e. The van der Waals surface area contributed by atoms with Gasteiger partial charge >= 0.3 is 65.2 Å². The Kier molecular flexibility index (Phi) is 9.71. The second-order valence-electron chi connectivity index (χ2n) is 6.56. The van der Waals surface area contributed by atoms with E-state index in [2.05, 4.69) is 24.9 Å². The van der Waals surface area contributed by atoms with Gasteiger partial charge in [0.25, 0.3) is 0 Å². The molecular weight excluding hydrogens is 480 g/mol. The Labute approximate surface area is 231 Å². The van der Waals surface area contributed by atoms with E-state index in [1.54, 1.807) is 19.2 Å². The van der Waals surface area contributed by atoms with E-state index < -0.39 is 32.4 Å². The van der Waals surface area contributed by atoms with E-state index >= 15 is 0 Å². The summed E-state index contributed by atoms with van der Waals surface area (Å²) in [5, 5.41) is 11.6. The van der Waals surface area contributed by atoms with Crippen LogP contribution in [0.5, 0.6) is 0 Å². The Morgan fingerprint density at radius 3 is 2.61 bits per heavy atom. The summed E-state index contributed by atoms with van der Waals surface area (Å²) in [6, 6.07) is 7.41. The fourth-order valence-corrected chi connectivity index (χ4v) is 3.32. The standard InChI is InChI=1S/C17H16FN6O6P.2Na/c1-23-21-16(20-22-23)15-5-2-10(7-19-15)13-4-3-11(6-14(13)18)24-8-12(30-17(24)25)9-29-31(26,27)28;;/h2-7,12H,8-9H2,1H3,(H2,26,27,28);;/q;2*+1/p-2/t12-;;/m0../s1. The molecule has 1 aliphatic heterocycles. The zero-order chi connectivity index (χ0) is 22.2. The number of benzene rings is 1. The number of pyridine rings is 1. The third kappa shape index (κ3) is 6.89. The van der Waals surface area contributed by atoms with E-state index in [4.69, 9.17) is 4.74 Å². The van der Waals surface area contributed by atoms with Gasteiger partial charge in [0.05, 0.1) is 33.7 Å². The number of phosphoric acid groups is 1. The van der Waals surface area contributed by atoms with Gasteiger partial charge in [-0.05, 0) is 29.5 Å². The fourth-order valence-electron chi connectivity index (χ4n) is 2.97. The summed E-state index contributed by atoms with van der Waals surface area (Å²) >= 11 is 0. The molecule has 0 aliphatic carbocycles. The van der Waals surface area contributed by atoms with Crippen molar-refractivity contribution in [1.29, 1.82) is 0 Å². The molecule has 1 saturated heterocycles. The second-order valence-corrected chi connectivity index (χ2v) is 7.71. The first-order chi connectivity index (χ1) is 14.7. The van der Waals surface area contributed by atoms with Crippen molar-refractivity contribution < 1.29 is 91.9 Å². The zero-order valence-corrected chi connectivity index (χ0v) is 22.8. The van der Waals surface area contributed by atoms with E-state index in [9.17, 15) is 23.5 Å².